The van der Waals surface area contributed by atoms with Crippen LogP contribution in [0.5, 0.6) is 0 Å². The van der Waals surface area contributed by atoms with Crippen molar-refractivity contribution in [3.05, 3.63) is 42.5 Å². The van der Waals surface area contributed by atoms with Gasteiger partial charge in [0.2, 0.25) is 0 Å². The van der Waals surface area contributed by atoms with Gasteiger partial charge < -0.3 is 15.1 Å². The van der Waals surface area contributed by atoms with Crippen LogP contribution in [-0.2, 0) is 6.42 Å². The molecule has 1 atom stereocenters. The molecule has 4 nitrogen and oxygen atoms in total. The van der Waals surface area contributed by atoms with E-state index in [1.165, 1.54) is 0 Å². The predicted molar refractivity (Wildman–Crippen MR) is 75.7 cm³/mol. The van der Waals surface area contributed by atoms with Crippen molar-refractivity contribution in [3.63, 3.8) is 0 Å². The molecule has 0 aliphatic heterocycles. The molecule has 0 aliphatic carbocycles. The SMILES string of the molecule is CC(CN)Cc1ncc(-c2coc3ccccc23)[nH]1. The molecule has 0 amide bonds. The Balaban J connectivity index is 1.94. The predicted octanol–water partition coefficient (Wildman–Crippen LogP) is 2.96. The highest BCUT2D eigenvalue weighted by Gasteiger charge is 2.11. The van der Waals surface area contributed by atoms with Crippen molar-refractivity contribution < 1.29 is 4.42 Å². The van der Waals surface area contributed by atoms with Crippen LogP contribution in [0.1, 0.15) is 12.7 Å². The zero-order chi connectivity index (χ0) is 13.2. The number of rotatable bonds is 4. The number of imidazole rings is 1. The number of hydrogen-bond acceptors (Lipinski definition) is 3. The first kappa shape index (κ1) is 12.0. The Morgan fingerprint density at radius 1 is 1.37 bits per heavy atom. The lowest BCUT2D eigenvalue weighted by Gasteiger charge is -2.04. The van der Waals surface area contributed by atoms with Gasteiger partial charge in [-0.15, -0.1) is 0 Å². The van der Waals surface area contributed by atoms with Gasteiger partial charge in [-0.2, -0.15) is 0 Å². The van der Waals surface area contributed by atoms with E-state index >= 15 is 0 Å². The first-order chi connectivity index (χ1) is 9.28. The number of furan rings is 1. The number of nitrogens with zero attached hydrogens (tertiary/aromatic N) is 1. The quantitative estimate of drug-likeness (QED) is 0.753. The van der Waals surface area contributed by atoms with Crippen LogP contribution in [0.15, 0.2) is 41.1 Å². The second kappa shape index (κ2) is 4.90. The van der Waals surface area contributed by atoms with E-state index in [1.807, 2.05) is 24.4 Å². The summed E-state index contributed by atoms with van der Waals surface area (Å²) in [7, 11) is 0. The summed E-state index contributed by atoms with van der Waals surface area (Å²) < 4.78 is 5.55. The number of hydrogen-bond donors (Lipinski definition) is 2. The molecule has 3 rings (SSSR count). The van der Waals surface area contributed by atoms with E-state index in [4.69, 9.17) is 10.2 Å². The molecule has 3 aromatic rings. The van der Waals surface area contributed by atoms with Gasteiger partial charge >= 0.3 is 0 Å². The van der Waals surface area contributed by atoms with Gasteiger partial charge in [0.25, 0.3) is 0 Å². The van der Waals surface area contributed by atoms with E-state index in [1.54, 1.807) is 6.26 Å². The first-order valence-corrected chi connectivity index (χ1v) is 6.48. The summed E-state index contributed by atoms with van der Waals surface area (Å²) in [5, 5.41) is 1.10. The molecule has 2 aromatic heterocycles. The number of aromatic nitrogens is 2. The molecule has 0 fully saturated rings. The summed E-state index contributed by atoms with van der Waals surface area (Å²) in [6.07, 6.45) is 4.50. The maximum atomic E-state index is 5.64. The van der Waals surface area contributed by atoms with E-state index in [-0.39, 0.29) is 0 Å². The lowest BCUT2D eigenvalue weighted by molar-refractivity contribution is 0.577. The normalized spacial score (nSPS) is 12.9. The van der Waals surface area contributed by atoms with Crippen LogP contribution in [0, 0.1) is 5.92 Å². The molecule has 2 heterocycles. The lowest BCUT2D eigenvalue weighted by Crippen LogP contribution is -2.13. The molecular weight excluding hydrogens is 238 g/mol. The Hall–Kier alpha value is -2.07. The van der Waals surface area contributed by atoms with Crippen LogP contribution in [0.4, 0.5) is 0 Å². The third-order valence-corrected chi connectivity index (χ3v) is 3.34. The van der Waals surface area contributed by atoms with Crippen molar-refractivity contribution in [1.29, 1.82) is 0 Å². The molecule has 1 aromatic carbocycles. The van der Waals surface area contributed by atoms with Crippen molar-refractivity contribution in [2.24, 2.45) is 11.7 Å². The van der Waals surface area contributed by atoms with Gasteiger partial charge in [-0.05, 0) is 18.5 Å². The monoisotopic (exact) mass is 255 g/mol. The van der Waals surface area contributed by atoms with Crippen LogP contribution < -0.4 is 5.73 Å². The summed E-state index contributed by atoms with van der Waals surface area (Å²) >= 11 is 0. The van der Waals surface area contributed by atoms with Gasteiger partial charge in [-0.3, -0.25) is 0 Å². The summed E-state index contributed by atoms with van der Waals surface area (Å²) in [5.74, 6) is 1.40. The maximum absolute atomic E-state index is 5.64. The van der Waals surface area contributed by atoms with Crippen molar-refractivity contribution in [2.75, 3.05) is 6.54 Å². The lowest BCUT2D eigenvalue weighted by atomic mass is 10.1. The van der Waals surface area contributed by atoms with Gasteiger partial charge in [0, 0.05) is 17.4 Å². The van der Waals surface area contributed by atoms with Crippen LogP contribution in [0.2, 0.25) is 0 Å². The molecule has 0 radical (unpaired) electrons. The number of H-pyrrole nitrogens is 1. The molecule has 0 bridgehead atoms. The number of aromatic amines is 1. The highest BCUT2D eigenvalue weighted by Crippen LogP contribution is 2.29. The minimum atomic E-state index is 0.431. The third kappa shape index (κ3) is 2.27. The van der Waals surface area contributed by atoms with E-state index in [9.17, 15) is 0 Å². The van der Waals surface area contributed by atoms with E-state index in [2.05, 4.69) is 23.0 Å². The van der Waals surface area contributed by atoms with Gasteiger partial charge in [0.05, 0.1) is 11.9 Å². The Bertz CT molecular complexity index is 683. The third-order valence-electron chi connectivity index (χ3n) is 3.34. The number of nitrogens with two attached hydrogens (primary N) is 1. The zero-order valence-electron chi connectivity index (χ0n) is 10.9. The van der Waals surface area contributed by atoms with Gasteiger partial charge in [-0.1, -0.05) is 25.1 Å². The molecule has 4 heteroatoms. The largest absolute Gasteiger partial charge is 0.464 e. The molecule has 98 valence electrons. The maximum Gasteiger partial charge on any atom is 0.134 e. The Labute approximate surface area is 111 Å². The standard InChI is InChI=1S/C15H17N3O/c1-10(7-16)6-15-17-8-13(18-15)12-9-19-14-5-3-2-4-11(12)14/h2-5,8-10H,6-7,16H2,1H3,(H,17,18). The molecule has 1 unspecified atom stereocenters. The number of fused-ring (bicyclic) bond motifs is 1. The molecule has 0 saturated carbocycles. The van der Waals surface area contributed by atoms with E-state index in [0.717, 1.165) is 34.5 Å². The fraction of sp³-hybridized carbons (Fsp3) is 0.267. The Kier molecular flexibility index (Phi) is 3.09. The van der Waals surface area contributed by atoms with E-state index < -0.39 is 0 Å². The van der Waals surface area contributed by atoms with Crippen molar-refractivity contribution >= 4 is 11.0 Å². The Morgan fingerprint density at radius 2 is 2.21 bits per heavy atom. The van der Waals surface area contributed by atoms with Crippen molar-refractivity contribution in [1.82, 2.24) is 9.97 Å². The molecule has 0 saturated heterocycles. The minimum absolute atomic E-state index is 0.431. The average molecular weight is 255 g/mol. The van der Waals surface area contributed by atoms with Gasteiger partial charge in [0.15, 0.2) is 0 Å². The topological polar surface area (TPSA) is 67.8 Å². The molecule has 0 aliphatic rings. The highest BCUT2D eigenvalue weighted by molar-refractivity contribution is 5.92. The second-order valence-electron chi connectivity index (χ2n) is 4.93. The highest BCUT2D eigenvalue weighted by atomic mass is 16.3. The molecule has 3 N–H and O–H groups in total. The second-order valence-corrected chi connectivity index (χ2v) is 4.93. The number of benzene rings is 1. The fourth-order valence-electron chi connectivity index (χ4n) is 2.20. The average Bonchev–Trinajstić information content (AvgIpc) is 3.04. The zero-order valence-corrected chi connectivity index (χ0v) is 10.9. The number of nitrogens with one attached hydrogen (secondary N) is 1. The van der Waals surface area contributed by atoms with Crippen LogP contribution in [0.3, 0.4) is 0 Å². The summed E-state index contributed by atoms with van der Waals surface area (Å²) in [6.45, 7) is 2.79. The fourth-order valence-corrected chi connectivity index (χ4v) is 2.20. The summed E-state index contributed by atoms with van der Waals surface area (Å²) in [6, 6.07) is 8.00. The van der Waals surface area contributed by atoms with Gasteiger partial charge in [0.1, 0.15) is 17.7 Å². The molecule has 0 spiro atoms. The minimum Gasteiger partial charge on any atom is -0.464 e. The van der Waals surface area contributed by atoms with E-state index in [0.29, 0.717) is 12.5 Å². The summed E-state index contributed by atoms with van der Waals surface area (Å²) in [5.41, 5.74) is 8.57. The molecule has 19 heavy (non-hydrogen) atoms. The van der Waals surface area contributed by atoms with Crippen molar-refractivity contribution in [2.45, 2.75) is 13.3 Å². The van der Waals surface area contributed by atoms with Gasteiger partial charge in [-0.25, -0.2) is 4.98 Å². The number of para-hydroxylation sites is 1. The van der Waals surface area contributed by atoms with Crippen LogP contribution in [0.25, 0.3) is 22.2 Å². The molecular formula is C15H17N3O. The first-order valence-electron chi connectivity index (χ1n) is 6.48. The summed E-state index contributed by atoms with van der Waals surface area (Å²) in [4.78, 5) is 7.76. The van der Waals surface area contributed by atoms with Crippen LogP contribution in [-0.4, -0.2) is 16.5 Å². The Morgan fingerprint density at radius 3 is 3.05 bits per heavy atom. The smallest absolute Gasteiger partial charge is 0.134 e. The van der Waals surface area contributed by atoms with Crippen LogP contribution >= 0.6 is 0 Å². The van der Waals surface area contributed by atoms with Crippen molar-refractivity contribution in [3.8, 4) is 11.3 Å².